The number of nitrogens with two attached hydrogens (primary N) is 1. The number of aromatic nitrogens is 3. The standard InChI is InChI=1S/C27H33N7O/c1-18(2)24(26(28)35)32-27-21-8-3-4-9-22(21)30-23(31-27)17-34-14-12-33(13-15-34)16-20-7-5-6-19-10-11-29-25(19)20/h3-11,18,24,29H,12-17H2,1-2H3,(H2,28,35)(H,30,31,32)/t24-/m0/s1. The zero-order chi connectivity index (χ0) is 24.4. The van der Waals surface area contributed by atoms with Gasteiger partial charge in [-0.05, 0) is 35.1 Å². The Balaban J connectivity index is 1.28. The zero-order valence-corrected chi connectivity index (χ0v) is 20.4. The molecule has 8 heteroatoms. The van der Waals surface area contributed by atoms with Crippen LogP contribution in [0.25, 0.3) is 21.8 Å². The summed E-state index contributed by atoms with van der Waals surface area (Å²) in [5, 5.41) is 5.44. The maximum atomic E-state index is 12.0. The van der Waals surface area contributed by atoms with Crippen LogP contribution in [0.3, 0.4) is 0 Å². The molecule has 0 spiro atoms. The van der Waals surface area contributed by atoms with Gasteiger partial charge in [-0.15, -0.1) is 0 Å². The van der Waals surface area contributed by atoms with Gasteiger partial charge in [-0.3, -0.25) is 14.6 Å². The summed E-state index contributed by atoms with van der Waals surface area (Å²) in [4.78, 5) is 29.9. The average Bonchev–Trinajstić information content (AvgIpc) is 3.33. The van der Waals surface area contributed by atoms with Gasteiger partial charge in [0.15, 0.2) is 0 Å². The molecule has 4 aromatic rings. The lowest BCUT2D eigenvalue weighted by molar-refractivity contribution is -0.119. The fraction of sp³-hybridized carbons (Fsp3) is 0.370. The summed E-state index contributed by atoms with van der Waals surface area (Å²) >= 11 is 0. The van der Waals surface area contributed by atoms with Gasteiger partial charge in [0.05, 0.1) is 12.1 Å². The molecule has 1 fully saturated rings. The Labute approximate surface area is 205 Å². The number of carbonyl (C=O) groups excluding carboxylic acids is 1. The second-order valence-corrected chi connectivity index (χ2v) is 9.69. The SMILES string of the molecule is CC(C)[C@H](Nc1nc(CN2CCN(Cc3cccc4cc[nH]c34)CC2)nc2ccccc12)C(N)=O. The van der Waals surface area contributed by atoms with Crippen molar-refractivity contribution < 1.29 is 4.79 Å². The van der Waals surface area contributed by atoms with E-state index in [2.05, 4.69) is 44.4 Å². The first kappa shape index (κ1) is 23.3. The summed E-state index contributed by atoms with van der Waals surface area (Å²) in [5.74, 6) is 1.09. The fourth-order valence-corrected chi connectivity index (χ4v) is 4.85. The third-order valence-corrected chi connectivity index (χ3v) is 6.81. The lowest BCUT2D eigenvalue weighted by Gasteiger charge is -2.34. The maximum absolute atomic E-state index is 12.0. The van der Waals surface area contributed by atoms with Gasteiger partial charge in [-0.2, -0.15) is 0 Å². The Morgan fingerprint density at radius 1 is 1.00 bits per heavy atom. The molecule has 0 unspecified atom stereocenters. The quantitative estimate of drug-likeness (QED) is 0.364. The van der Waals surface area contributed by atoms with Gasteiger partial charge in [0, 0.05) is 49.8 Å². The monoisotopic (exact) mass is 471 g/mol. The van der Waals surface area contributed by atoms with Crippen LogP contribution < -0.4 is 11.1 Å². The number of aromatic amines is 1. The molecule has 2 aromatic carbocycles. The van der Waals surface area contributed by atoms with E-state index in [4.69, 9.17) is 15.7 Å². The van der Waals surface area contributed by atoms with Gasteiger partial charge in [-0.1, -0.05) is 44.2 Å². The third-order valence-electron chi connectivity index (χ3n) is 6.81. The first-order chi connectivity index (χ1) is 17.0. The predicted molar refractivity (Wildman–Crippen MR) is 140 cm³/mol. The molecule has 5 rings (SSSR count). The van der Waals surface area contributed by atoms with Crippen molar-refractivity contribution in [1.82, 2.24) is 24.8 Å². The Bertz CT molecular complexity index is 1320. The molecule has 182 valence electrons. The lowest BCUT2D eigenvalue weighted by Crippen LogP contribution is -2.45. The molecule has 1 atom stereocenters. The molecule has 35 heavy (non-hydrogen) atoms. The molecule has 1 aliphatic rings. The van der Waals surface area contributed by atoms with Crippen molar-refractivity contribution in [2.24, 2.45) is 11.7 Å². The fourth-order valence-electron chi connectivity index (χ4n) is 4.85. The van der Waals surface area contributed by atoms with Gasteiger partial charge in [0.1, 0.15) is 17.7 Å². The van der Waals surface area contributed by atoms with Crippen molar-refractivity contribution >= 4 is 33.5 Å². The molecule has 0 aliphatic carbocycles. The van der Waals surface area contributed by atoms with Gasteiger partial charge in [-0.25, -0.2) is 9.97 Å². The molecule has 4 N–H and O–H groups in total. The van der Waals surface area contributed by atoms with Crippen LogP contribution in [-0.2, 0) is 17.9 Å². The molecule has 0 radical (unpaired) electrons. The van der Waals surface area contributed by atoms with Crippen molar-refractivity contribution in [2.45, 2.75) is 33.0 Å². The number of nitrogens with zero attached hydrogens (tertiary/aromatic N) is 4. The van der Waals surface area contributed by atoms with Gasteiger partial charge in [0.2, 0.25) is 5.91 Å². The number of fused-ring (bicyclic) bond motifs is 2. The van der Waals surface area contributed by atoms with E-state index in [1.807, 2.05) is 44.3 Å². The molecule has 1 amide bonds. The first-order valence-corrected chi connectivity index (χ1v) is 12.3. The number of carbonyl (C=O) groups is 1. The smallest absolute Gasteiger partial charge is 0.240 e. The minimum Gasteiger partial charge on any atom is -0.368 e. The largest absolute Gasteiger partial charge is 0.368 e. The number of hydrogen-bond acceptors (Lipinski definition) is 6. The molecule has 1 aliphatic heterocycles. The molecular formula is C27H33N7O. The second kappa shape index (κ2) is 10.0. The van der Waals surface area contributed by atoms with Crippen LogP contribution in [0.5, 0.6) is 0 Å². The van der Waals surface area contributed by atoms with Crippen LogP contribution in [0.1, 0.15) is 25.2 Å². The van der Waals surface area contributed by atoms with E-state index in [0.717, 1.165) is 49.5 Å². The van der Waals surface area contributed by atoms with Crippen molar-refractivity contribution in [2.75, 3.05) is 31.5 Å². The van der Waals surface area contributed by atoms with E-state index in [0.29, 0.717) is 12.4 Å². The lowest BCUT2D eigenvalue weighted by atomic mass is 10.0. The minimum absolute atomic E-state index is 0.0505. The number of H-pyrrole nitrogens is 1. The number of nitrogens with one attached hydrogen (secondary N) is 2. The van der Waals surface area contributed by atoms with E-state index < -0.39 is 6.04 Å². The van der Waals surface area contributed by atoms with Crippen molar-refractivity contribution in [3.05, 3.63) is 66.1 Å². The highest BCUT2D eigenvalue weighted by Gasteiger charge is 2.23. The highest BCUT2D eigenvalue weighted by atomic mass is 16.1. The Hall–Kier alpha value is -3.49. The van der Waals surface area contributed by atoms with Gasteiger partial charge in [0.25, 0.3) is 0 Å². The number of benzene rings is 2. The first-order valence-electron chi connectivity index (χ1n) is 12.3. The van der Waals surface area contributed by atoms with Crippen LogP contribution in [0.4, 0.5) is 5.82 Å². The molecule has 3 heterocycles. The second-order valence-electron chi connectivity index (χ2n) is 9.69. The number of para-hydroxylation sites is 2. The number of hydrogen-bond donors (Lipinski definition) is 3. The third kappa shape index (κ3) is 5.13. The minimum atomic E-state index is -0.492. The number of rotatable bonds is 8. The van der Waals surface area contributed by atoms with Gasteiger partial charge < -0.3 is 16.0 Å². The van der Waals surface area contributed by atoms with E-state index in [1.165, 1.54) is 16.5 Å². The van der Waals surface area contributed by atoms with Crippen molar-refractivity contribution in [1.29, 1.82) is 0 Å². The van der Waals surface area contributed by atoms with E-state index in [1.54, 1.807) is 0 Å². The summed E-state index contributed by atoms with van der Waals surface area (Å²) in [6.45, 7) is 9.45. The predicted octanol–water partition coefficient (Wildman–Crippen LogP) is 3.35. The summed E-state index contributed by atoms with van der Waals surface area (Å²) in [6.07, 6.45) is 2.01. The van der Waals surface area contributed by atoms with Gasteiger partial charge >= 0.3 is 0 Å². The molecule has 0 saturated carbocycles. The number of piperazine rings is 1. The van der Waals surface area contributed by atoms with Crippen LogP contribution in [0.15, 0.2) is 54.7 Å². The van der Waals surface area contributed by atoms with Crippen LogP contribution >= 0.6 is 0 Å². The average molecular weight is 472 g/mol. The van der Waals surface area contributed by atoms with E-state index in [9.17, 15) is 4.79 Å². The highest BCUT2D eigenvalue weighted by Crippen LogP contribution is 2.23. The summed E-state index contributed by atoms with van der Waals surface area (Å²) in [6, 6.07) is 16.0. The summed E-state index contributed by atoms with van der Waals surface area (Å²) < 4.78 is 0. The topological polar surface area (TPSA) is 103 Å². The number of primary amides is 1. The van der Waals surface area contributed by atoms with E-state index >= 15 is 0 Å². The van der Waals surface area contributed by atoms with Crippen LogP contribution in [-0.4, -0.2) is 62.9 Å². The van der Waals surface area contributed by atoms with Crippen LogP contribution in [0, 0.1) is 5.92 Å². The number of anilines is 1. The number of amides is 1. The molecular weight excluding hydrogens is 438 g/mol. The van der Waals surface area contributed by atoms with Crippen molar-refractivity contribution in [3.8, 4) is 0 Å². The Morgan fingerprint density at radius 3 is 2.49 bits per heavy atom. The van der Waals surface area contributed by atoms with E-state index in [-0.39, 0.29) is 11.8 Å². The van der Waals surface area contributed by atoms with Crippen LogP contribution in [0.2, 0.25) is 0 Å². The normalized spacial score (nSPS) is 16.2. The summed E-state index contributed by atoms with van der Waals surface area (Å²) in [5.41, 5.74) is 9.08. The maximum Gasteiger partial charge on any atom is 0.240 e. The summed E-state index contributed by atoms with van der Waals surface area (Å²) in [7, 11) is 0. The Kier molecular flexibility index (Phi) is 6.66. The molecule has 8 nitrogen and oxygen atoms in total. The molecule has 0 bridgehead atoms. The van der Waals surface area contributed by atoms with Crippen molar-refractivity contribution in [3.63, 3.8) is 0 Å². The molecule has 1 saturated heterocycles. The zero-order valence-electron chi connectivity index (χ0n) is 20.4. The molecule has 2 aromatic heterocycles. The highest BCUT2D eigenvalue weighted by molar-refractivity contribution is 5.92. The Morgan fingerprint density at radius 2 is 1.74 bits per heavy atom.